The molecule has 102 valence electrons. The van der Waals surface area contributed by atoms with Crippen molar-refractivity contribution in [3.05, 3.63) is 28.5 Å². The van der Waals surface area contributed by atoms with E-state index in [1.807, 2.05) is 6.92 Å². The van der Waals surface area contributed by atoms with Gasteiger partial charge >= 0.3 is 0 Å². The van der Waals surface area contributed by atoms with Crippen molar-refractivity contribution in [2.45, 2.75) is 19.9 Å². The maximum Gasteiger partial charge on any atom is 0.267 e. The van der Waals surface area contributed by atoms with Crippen LogP contribution >= 0.6 is 11.3 Å². The lowest BCUT2D eigenvalue weighted by molar-refractivity contribution is 0.103. The van der Waals surface area contributed by atoms with Crippen LogP contribution < -0.4 is 5.32 Å². The van der Waals surface area contributed by atoms with Gasteiger partial charge in [-0.25, -0.2) is 4.98 Å². The molecule has 0 saturated carbocycles. The largest absolute Gasteiger partial charge is 0.383 e. The third kappa shape index (κ3) is 3.62. The van der Waals surface area contributed by atoms with Gasteiger partial charge in [-0.15, -0.1) is 11.3 Å². The van der Waals surface area contributed by atoms with Crippen molar-refractivity contribution in [3.8, 4) is 0 Å². The van der Waals surface area contributed by atoms with E-state index in [2.05, 4.69) is 15.4 Å². The number of thiazole rings is 1. The predicted molar refractivity (Wildman–Crippen MR) is 73.5 cm³/mol. The van der Waals surface area contributed by atoms with E-state index in [1.54, 1.807) is 30.4 Å². The van der Waals surface area contributed by atoms with Gasteiger partial charge in [0.2, 0.25) is 0 Å². The van der Waals surface area contributed by atoms with Crippen LogP contribution in [0.2, 0.25) is 0 Å². The summed E-state index contributed by atoms with van der Waals surface area (Å²) in [6.07, 6.45) is 5.84. The predicted octanol–water partition coefficient (Wildman–Crippen LogP) is 1.80. The lowest BCUT2D eigenvalue weighted by Crippen LogP contribution is -2.09. The van der Waals surface area contributed by atoms with Crippen molar-refractivity contribution >= 4 is 22.9 Å². The standard InChI is InChI=1S/C12H16N4O2S/c1-3-11-13-7-10(19-11)12(17)15-9-6-14-16(8-9)4-5-18-2/h6-8H,3-5H2,1-2H3,(H,15,17). The average Bonchev–Trinajstić information content (AvgIpc) is 3.05. The molecule has 7 heteroatoms. The molecular weight excluding hydrogens is 264 g/mol. The Morgan fingerprint density at radius 2 is 2.37 bits per heavy atom. The molecule has 0 atom stereocenters. The number of carbonyl (C=O) groups excluding carboxylic acids is 1. The molecule has 0 aliphatic heterocycles. The zero-order chi connectivity index (χ0) is 13.7. The van der Waals surface area contributed by atoms with E-state index in [9.17, 15) is 4.79 Å². The molecule has 0 radical (unpaired) electrons. The molecule has 2 rings (SSSR count). The Bertz CT molecular complexity index is 549. The fourth-order valence-corrected chi connectivity index (χ4v) is 2.26. The van der Waals surface area contributed by atoms with Gasteiger partial charge in [0.15, 0.2) is 0 Å². The number of ether oxygens (including phenoxy) is 1. The summed E-state index contributed by atoms with van der Waals surface area (Å²) >= 11 is 1.41. The van der Waals surface area contributed by atoms with Crippen LogP contribution in [-0.2, 0) is 17.7 Å². The molecule has 0 fully saturated rings. The summed E-state index contributed by atoms with van der Waals surface area (Å²) in [7, 11) is 1.64. The molecule has 0 bridgehead atoms. The molecule has 19 heavy (non-hydrogen) atoms. The van der Waals surface area contributed by atoms with Crippen LogP contribution in [0.1, 0.15) is 21.6 Å². The lowest BCUT2D eigenvalue weighted by Gasteiger charge is -1.99. The molecule has 6 nitrogen and oxygen atoms in total. The molecule has 2 aromatic rings. The molecule has 1 amide bonds. The average molecular weight is 280 g/mol. The van der Waals surface area contributed by atoms with Crippen molar-refractivity contribution in [1.29, 1.82) is 0 Å². The van der Waals surface area contributed by atoms with Crippen molar-refractivity contribution in [3.63, 3.8) is 0 Å². The van der Waals surface area contributed by atoms with Gasteiger partial charge in [-0.05, 0) is 6.42 Å². The summed E-state index contributed by atoms with van der Waals surface area (Å²) in [5.41, 5.74) is 0.674. The van der Waals surface area contributed by atoms with Crippen LogP contribution in [0.15, 0.2) is 18.6 Å². The fourth-order valence-electron chi connectivity index (χ4n) is 1.51. The Hall–Kier alpha value is -1.73. The van der Waals surface area contributed by atoms with Gasteiger partial charge in [-0.3, -0.25) is 9.48 Å². The first-order valence-electron chi connectivity index (χ1n) is 6.00. The summed E-state index contributed by atoms with van der Waals surface area (Å²) in [5, 5.41) is 7.89. The minimum absolute atomic E-state index is 0.150. The second-order valence-electron chi connectivity index (χ2n) is 3.91. The highest BCUT2D eigenvalue weighted by atomic mass is 32.1. The third-order valence-corrected chi connectivity index (χ3v) is 3.64. The number of hydrogen-bond donors (Lipinski definition) is 1. The Labute approximate surface area is 115 Å². The summed E-state index contributed by atoms with van der Waals surface area (Å²) in [4.78, 5) is 16.7. The van der Waals surface area contributed by atoms with Gasteiger partial charge in [-0.2, -0.15) is 5.10 Å². The first-order chi connectivity index (χ1) is 9.22. The second-order valence-corrected chi connectivity index (χ2v) is 5.03. The highest BCUT2D eigenvalue weighted by Crippen LogP contribution is 2.15. The molecule has 0 saturated heterocycles. The molecule has 0 unspecified atom stereocenters. The van der Waals surface area contributed by atoms with Crippen molar-refractivity contribution in [1.82, 2.24) is 14.8 Å². The van der Waals surface area contributed by atoms with E-state index >= 15 is 0 Å². The van der Waals surface area contributed by atoms with E-state index in [4.69, 9.17) is 4.74 Å². The number of amides is 1. The van der Waals surface area contributed by atoms with Gasteiger partial charge in [0.1, 0.15) is 4.88 Å². The van der Waals surface area contributed by atoms with Crippen molar-refractivity contribution in [2.24, 2.45) is 0 Å². The highest BCUT2D eigenvalue weighted by Gasteiger charge is 2.11. The maximum absolute atomic E-state index is 12.0. The van der Waals surface area contributed by atoms with Crippen LogP contribution in [0.5, 0.6) is 0 Å². The topological polar surface area (TPSA) is 69.0 Å². The minimum Gasteiger partial charge on any atom is -0.383 e. The van der Waals surface area contributed by atoms with E-state index in [1.165, 1.54) is 11.3 Å². The van der Waals surface area contributed by atoms with Gasteiger partial charge in [0.05, 0.1) is 36.2 Å². The van der Waals surface area contributed by atoms with Crippen molar-refractivity contribution < 1.29 is 9.53 Å². The van der Waals surface area contributed by atoms with E-state index < -0.39 is 0 Å². The number of anilines is 1. The van der Waals surface area contributed by atoms with Crippen LogP contribution in [0.4, 0.5) is 5.69 Å². The number of aromatic nitrogens is 3. The maximum atomic E-state index is 12.0. The van der Waals surface area contributed by atoms with E-state index in [-0.39, 0.29) is 5.91 Å². The number of aryl methyl sites for hydroxylation is 1. The number of nitrogens with zero attached hydrogens (tertiary/aromatic N) is 3. The second kappa shape index (κ2) is 6.44. The first kappa shape index (κ1) is 13.7. The molecule has 0 aliphatic rings. The van der Waals surface area contributed by atoms with E-state index in [0.29, 0.717) is 23.7 Å². The normalized spacial score (nSPS) is 10.6. The van der Waals surface area contributed by atoms with Gasteiger partial charge in [0.25, 0.3) is 5.91 Å². The first-order valence-corrected chi connectivity index (χ1v) is 6.82. The number of hydrogen-bond acceptors (Lipinski definition) is 5. The molecule has 0 aliphatic carbocycles. The zero-order valence-electron chi connectivity index (χ0n) is 10.9. The Morgan fingerprint density at radius 3 is 3.05 bits per heavy atom. The SMILES string of the molecule is CCc1ncc(C(=O)Nc2cnn(CCOC)c2)s1. The fraction of sp³-hybridized carbons (Fsp3) is 0.417. The molecular formula is C12H16N4O2S. The monoisotopic (exact) mass is 280 g/mol. The van der Waals surface area contributed by atoms with E-state index in [0.717, 1.165) is 11.4 Å². The van der Waals surface area contributed by atoms with Crippen molar-refractivity contribution in [2.75, 3.05) is 19.0 Å². The number of methoxy groups -OCH3 is 1. The molecule has 2 heterocycles. The Balaban J connectivity index is 1.96. The third-order valence-electron chi connectivity index (χ3n) is 2.50. The summed E-state index contributed by atoms with van der Waals surface area (Å²) < 4.78 is 6.69. The Kier molecular flexibility index (Phi) is 4.64. The van der Waals surface area contributed by atoms with Gasteiger partial charge in [-0.1, -0.05) is 6.92 Å². The number of carbonyl (C=O) groups is 1. The molecule has 0 aromatic carbocycles. The smallest absolute Gasteiger partial charge is 0.267 e. The summed E-state index contributed by atoms with van der Waals surface area (Å²) in [5.74, 6) is -0.150. The number of nitrogens with one attached hydrogen (secondary N) is 1. The van der Waals surface area contributed by atoms with Gasteiger partial charge in [0, 0.05) is 13.3 Å². The number of rotatable bonds is 6. The van der Waals surface area contributed by atoms with Crippen LogP contribution in [-0.4, -0.2) is 34.4 Å². The zero-order valence-corrected chi connectivity index (χ0v) is 11.7. The quantitative estimate of drug-likeness (QED) is 0.876. The van der Waals surface area contributed by atoms with Crippen LogP contribution in [0.25, 0.3) is 0 Å². The lowest BCUT2D eigenvalue weighted by atomic mass is 10.4. The summed E-state index contributed by atoms with van der Waals surface area (Å²) in [6.45, 7) is 3.26. The highest BCUT2D eigenvalue weighted by molar-refractivity contribution is 7.13. The van der Waals surface area contributed by atoms with Crippen LogP contribution in [0.3, 0.4) is 0 Å². The van der Waals surface area contributed by atoms with Crippen LogP contribution in [0, 0.1) is 0 Å². The molecule has 0 spiro atoms. The molecule has 1 N–H and O–H groups in total. The Morgan fingerprint density at radius 1 is 1.53 bits per heavy atom. The summed E-state index contributed by atoms with van der Waals surface area (Å²) in [6, 6.07) is 0. The minimum atomic E-state index is -0.150. The molecule has 2 aromatic heterocycles. The van der Waals surface area contributed by atoms with Gasteiger partial charge < -0.3 is 10.1 Å².